The summed E-state index contributed by atoms with van der Waals surface area (Å²) < 4.78 is 5.53. The molecule has 8 nitrogen and oxygen atoms in total. The fraction of sp³-hybridized carbons (Fsp3) is 0.905. The highest BCUT2D eigenvalue weighted by molar-refractivity contribution is 14.0. The first kappa shape index (κ1) is 25.5. The van der Waals surface area contributed by atoms with Gasteiger partial charge in [0.15, 0.2) is 5.96 Å². The van der Waals surface area contributed by atoms with Crippen LogP contribution < -0.4 is 5.32 Å². The number of carbonyl (C=O) groups is 1. The molecule has 3 heterocycles. The van der Waals surface area contributed by atoms with E-state index >= 15 is 0 Å². The molecular weight excluding hydrogens is 495 g/mol. The topological polar surface area (TPSA) is 63.6 Å². The Bertz CT molecular complexity index is 589. The smallest absolute Gasteiger partial charge is 0.410 e. The van der Waals surface area contributed by atoms with E-state index in [4.69, 9.17) is 9.73 Å². The number of piperazine rings is 2. The van der Waals surface area contributed by atoms with Gasteiger partial charge in [0, 0.05) is 58.9 Å². The van der Waals surface area contributed by atoms with Crippen LogP contribution in [-0.2, 0) is 4.74 Å². The molecule has 0 aromatic rings. The second kappa shape index (κ2) is 11.2. The maximum absolute atomic E-state index is 12.4. The summed E-state index contributed by atoms with van der Waals surface area (Å²) in [7, 11) is 0. The van der Waals surface area contributed by atoms with Crippen LogP contribution in [0.3, 0.4) is 0 Å². The van der Waals surface area contributed by atoms with Gasteiger partial charge in [0.2, 0.25) is 0 Å². The Morgan fingerprint density at radius 1 is 1.17 bits per heavy atom. The molecule has 0 aromatic heterocycles. The van der Waals surface area contributed by atoms with E-state index < -0.39 is 5.60 Å². The lowest BCUT2D eigenvalue weighted by atomic mass is 10.1. The van der Waals surface area contributed by atoms with Gasteiger partial charge in [-0.2, -0.15) is 0 Å². The summed E-state index contributed by atoms with van der Waals surface area (Å²) in [6, 6.07) is 0.260. The highest BCUT2D eigenvalue weighted by atomic mass is 127. The number of hydrogen-bond acceptors (Lipinski definition) is 7. The van der Waals surface area contributed by atoms with E-state index in [0.29, 0.717) is 19.0 Å². The number of fused-ring (bicyclic) bond motifs is 1. The van der Waals surface area contributed by atoms with Crippen LogP contribution in [0.2, 0.25) is 0 Å². The molecule has 3 rings (SSSR count). The maximum Gasteiger partial charge on any atom is 0.410 e. The van der Waals surface area contributed by atoms with Crippen molar-refractivity contribution in [3.05, 3.63) is 0 Å². The number of rotatable bonds is 5. The predicted molar refractivity (Wildman–Crippen MR) is 132 cm³/mol. The fourth-order valence-corrected chi connectivity index (χ4v) is 4.28. The van der Waals surface area contributed by atoms with E-state index in [1.165, 1.54) is 26.2 Å². The Hall–Kier alpha value is -0.810. The molecule has 0 spiro atoms. The maximum atomic E-state index is 12.4. The zero-order valence-electron chi connectivity index (χ0n) is 19.4. The van der Waals surface area contributed by atoms with Crippen LogP contribution in [-0.4, -0.2) is 115 Å². The Kier molecular flexibility index (Phi) is 9.48. The van der Waals surface area contributed by atoms with Crippen molar-refractivity contribution in [2.75, 3.05) is 72.0 Å². The second-order valence-corrected chi connectivity index (χ2v) is 9.66. The fourth-order valence-electron chi connectivity index (χ4n) is 4.28. The molecule has 2 atom stereocenters. The summed E-state index contributed by atoms with van der Waals surface area (Å²) in [5.41, 5.74) is -0.452. The SMILES string of the molecule is CCN1CCN(CC(C)CNC2=NCC3CN(C(=O)OC(C)(C)C)CCN23)CC1.I. The Morgan fingerprint density at radius 3 is 2.47 bits per heavy atom. The van der Waals surface area contributed by atoms with Crippen molar-refractivity contribution in [2.24, 2.45) is 10.9 Å². The van der Waals surface area contributed by atoms with Gasteiger partial charge in [-0.15, -0.1) is 24.0 Å². The standard InChI is InChI=1S/C21H40N6O2.HI/c1-6-24-7-9-25(10-8-24)15-17(2)13-22-19-23-14-18-16-26(11-12-27(18)19)20(28)29-21(3,4)5;/h17-18H,6-16H2,1-5H3,(H,22,23);1H. The molecule has 0 aliphatic carbocycles. The molecule has 2 fully saturated rings. The Labute approximate surface area is 199 Å². The lowest BCUT2D eigenvalue weighted by Crippen LogP contribution is -2.58. The first-order valence-corrected chi connectivity index (χ1v) is 11.2. The van der Waals surface area contributed by atoms with Crippen LogP contribution in [0.5, 0.6) is 0 Å². The number of likely N-dealkylation sites (N-methyl/N-ethyl adjacent to an activating group) is 1. The van der Waals surface area contributed by atoms with Crippen LogP contribution in [0.4, 0.5) is 4.79 Å². The van der Waals surface area contributed by atoms with Crippen molar-refractivity contribution in [1.82, 2.24) is 24.9 Å². The van der Waals surface area contributed by atoms with Gasteiger partial charge >= 0.3 is 6.09 Å². The lowest BCUT2D eigenvalue weighted by molar-refractivity contribution is 0.0137. The molecule has 2 unspecified atom stereocenters. The first-order chi connectivity index (χ1) is 13.7. The van der Waals surface area contributed by atoms with E-state index in [9.17, 15) is 4.79 Å². The minimum Gasteiger partial charge on any atom is -0.444 e. The summed E-state index contributed by atoms with van der Waals surface area (Å²) in [5, 5.41) is 3.58. The number of aliphatic imine (C=N–C) groups is 1. The minimum absolute atomic E-state index is 0. The van der Waals surface area contributed by atoms with Crippen LogP contribution in [0.15, 0.2) is 4.99 Å². The number of nitrogens with zero attached hydrogens (tertiary/aromatic N) is 5. The Balaban J connectivity index is 0.00000320. The number of carbonyl (C=O) groups excluding carboxylic acids is 1. The average Bonchev–Trinajstić information content (AvgIpc) is 3.08. The molecule has 174 valence electrons. The summed E-state index contributed by atoms with van der Waals surface area (Å²) in [5.74, 6) is 1.58. The monoisotopic (exact) mass is 536 g/mol. The number of hydrogen-bond donors (Lipinski definition) is 1. The normalized spacial score (nSPS) is 24.0. The number of nitrogens with one attached hydrogen (secondary N) is 1. The zero-order valence-corrected chi connectivity index (χ0v) is 21.7. The highest BCUT2D eigenvalue weighted by Crippen LogP contribution is 2.18. The van der Waals surface area contributed by atoms with Crippen LogP contribution >= 0.6 is 24.0 Å². The van der Waals surface area contributed by atoms with Crippen molar-refractivity contribution >= 4 is 36.0 Å². The summed E-state index contributed by atoms with van der Waals surface area (Å²) in [6.45, 7) is 21.2. The van der Waals surface area contributed by atoms with Gasteiger partial charge in [0.1, 0.15) is 5.60 Å². The van der Waals surface area contributed by atoms with E-state index in [-0.39, 0.29) is 36.1 Å². The van der Waals surface area contributed by atoms with E-state index in [0.717, 1.165) is 38.7 Å². The Morgan fingerprint density at radius 2 is 1.83 bits per heavy atom. The lowest BCUT2D eigenvalue weighted by Gasteiger charge is -2.39. The molecule has 0 bridgehead atoms. The largest absolute Gasteiger partial charge is 0.444 e. The predicted octanol–water partition coefficient (Wildman–Crippen LogP) is 1.76. The molecule has 30 heavy (non-hydrogen) atoms. The quantitative estimate of drug-likeness (QED) is 0.541. The van der Waals surface area contributed by atoms with E-state index in [1.54, 1.807) is 0 Å². The van der Waals surface area contributed by atoms with Gasteiger partial charge in [-0.25, -0.2) is 4.79 Å². The molecule has 3 aliphatic heterocycles. The number of guanidine groups is 1. The molecule has 9 heteroatoms. The van der Waals surface area contributed by atoms with Crippen molar-refractivity contribution in [1.29, 1.82) is 0 Å². The van der Waals surface area contributed by atoms with Gasteiger partial charge in [-0.1, -0.05) is 13.8 Å². The minimum atomic E-state index is -0.452. The number of ether oxygens (including phenoxy) is 1. The highest BCUT2D eigenvalue weighted by Gasteiger charge is 2.36. The third kappa shape index (κ3) is 7.12. The third-order valence-electron chi connectivity index (χ3n) is 5.95. The molecule has 0 saturated carbocycles. The van der Waals surface area contributed by atoms with E-state index in [2.05, 4.69) is 33.9 Å². The van der Waals surface area contributed by atoms with Gasteiger partial charge in [-0.05, 0) is 33.2 Å². The van der Waals surface area contributed by atoms with Crippen LogP contribution in [0, 0.1) is 5.92 Å². The van der Waals surface area contributed by atoms with Crippen molar-refractivity contribution in [2.45, 2.75) is 46.3 Å². The molecule has 1 N–H and O–H groups in total. The second-order valence-electron chi connectivity index (χ2n) is 9.66. The van der Waals surface area contributed by atoms with Gasteiger partial charge in [0.05, 0.1) is 12.6 Å². The molecule has 1 amide bonds. The zero-order chi connectivity index (χ0) is 21.0. The number of halogens is 1. The molecule has 0 radical (unpaired) electrons. The van der Waals surface area contributed by atoms with Crippen LogP contribution in [0.1, 0.15) is 34.6 Å². The van der Waals surface area contributed by atoms with Crippen molar-refractivity contribution in [3.63, 3.8) is 0 Å². The van der Waals surface area contributed by atoms with Gasteiger partial charge in [-0.3, -0.25) is 4.99 Å². The van der Waals surface area contributed by atoms with Crippen molar-refractivity contribution < 1.29 is 9.53 Å². The first-order valence-electron chi connectivity index (χ1n) is 11.2. The molecule has 3 aliphatic rings. The molecule has 2 saturated heterocycles. The van der Waals surface area contributed by atoms with Gasteiger partial charge in [0.25, 0.3) is 0 Å². The summed E-state index contributed by atoms with van der Waals surface area (Å²) in [6.07, 6.45) is -0.213. The third-order valence-corrected chi connectivity index (χ3v) is 5.95. The van der Waals surface area contributed by atoms with Gasteiger partial charge < -0.3 is 29.7 Å². The average molecular weight is 537 g/mol. The van der Waals surface area contributed by atoms with Crippen molar-refractivity contribution in [3.8, 4) is 0 Å². The molecule has 0 aromatic carbocycles. The molecular formula is C21H41IN6O2. The van der Waals surface area contributed by atoms with E-state index in [1.807, 2.05) is 25.7 Å². The summed E-state index contributed by atoms with van der Waals surface area (Å²) >= 11 is 0. The summed E-state index contributed by atoms with van der Waals surface area (Å²) in [4.78, 5) is 26.3. The number of amides is 1. The van der Waals surface area contributed by atoms with Crippen LogP contribution in [0.25, 0.3) is 0 Å².